The number of nitrogen functional groups attached to an aromatic ring is 1. The Morgan fingerprint density at radius 1 is 1.47 bits per heavy atom. The van der Waals surface area contributed by atoms with Crippen LogP contribution in [0.4, 0.5) is 11.5 Å². The fourth-order valence-electron chi connectivity index (χ4n) is 1.26. The second-order valence-corrected chi connectivity index (χ2v) is 4.29. The average Bonchev–Trinajstić information content (AvgIpc) is 2.30. The molecule has 1 rings (SSSR count). The van der Waals surface area contributed by atoms with Crippen LogP contribution in [-0.2, 0) is 4.74 Å². The van der Waals surface area contributed by atoms with Crippen molar-refractivity contribution in [2.75, 3.05) is 18.2 Å². The van der Waals surface area contributed by atoms with Crippen LogP contribution in [0.15, 0.2) is 12.3 Å². The number of hydrogen-bond acceptors (Lipinski definition) is 5. The van der Waals surface area contributed by atoms with Crippen molar-refractivity contribution in [3.8, 4) is 0 Å². The van der Waals surface area contributed by atoms with E-state index >= 15 is 0 Å². The van der Waals surface area contributed by atoms with Crippen molar-refractivity contribution in [1.29, 1.82) is 0 Å². The highest BCUT2D eigenvalue weighted by atomic mass is 16.5. The van der Waals surface area contributed by atoms with Gasteiger partial charge in [0.15, 0.2) is 0 Å². The molecule has 1 aromatic rings. The third-order valence-electron chi connectivity index (χ3n) is 2.76. The van der Waals surface area contributed by atoms with E-state index in [2.05, 4.69) is 28.9 Å². The number of ether oxygens (including phenoxy) is 1. The zero-order valence-electron chi connectivity index (χ0n) is 10.7. The molecular weight excluding hydrogens is 218 g/mol. The molecule has 0 aliphatic heterocycles. The summed E-state index contributed by atoms with van der Waals surface area (Å²) in [5.74, 6) is 0.511. The van der Waals surface area contributed by atoms with Crippen LogP contribution in [0.5, 0.6) is 0 Å². The minimum atomic E-state index is -0.454. The van der Waals surface area contributed by atoms with Gasteiger partial charge in [0.2, 0.25) is 0 Å². The first-order chi connectivity index (χ1) is 7.97. The Kier molecular flexibility index (Phi) is 4.31. The molecule has 5 nitrogen and oxygen atoms in total. The summed E-state index contributed by atoms with van der Waals surface area (Å²) >= 11 is 0. The van der Waals surface area contributed by atoms with E-state index in [1.54, 1.807) is 6.07 Å². The third-order valence-corrected chi connectivity index (χ3v) is 2.76. The van der Waals surface area contributed by atoms with Gasteiger partial charge >= 0.3 is 5.97 Å². The first-order valence-corrected chi connectivity index (χ1v) is 5.56. The van der Waals surface area contributed by atoms with Crippen LogP contribution >= 0.6 is 0 Å². The van der Waals surface area contributed by atoms with Gasteiger partial charge in [0.25, 0.3) is 0 Å². The lowest BCUT2D eigenvalue weighted by Crippen LogP contribution is -2.23. The number of methoxy groups -OCH3 is 1. The molecule has 1 heterocycles. The highest BCUT2D eigenvalue weighted by Gasteiger charge is 2.15. The lowest BCUT2D eigenvalue weighted by atomic mass is 10.1. The molecule has 0 aromatic carbocycles. The summed E-state index contributed by atoms with van der Waals surface area (Å²) in [6.45, 7) is 6.23. The van der Waals surface area contributed by atoms with Crippen molar-refractivity contribution in [2.24, 2.45) is 5.92 Å². The van der Waals surface area contributed by atoms with Crippen LogP contribution in [0.25, 0.3) is 0 Å². The normalized spacial score (nSPS) is 12.3. The van der Waals surface area contributed by atoms with Crippen molar-refractivity contribution in [3.05, 3.63) is 17.8 Å². The Balaban J connectivity index is 2.98. The maximum absolute atomic E-state index is 11.4. The van der Waals surface area contributed by atoms with E-state index < -0.39 is 5.97 Å². The van der Waals surface area contributed by atoms with E-state index in [9.17, 15) is 4.79 Å². The summed E-state index contributed by atoms with van der Waals surface area (Å²) in [4.78, 5) is 15.6. The Morgan fingerprint density at radius 2 is 2.12 bits per heavy atom. The number of esters is 1. The molecule has 17 heavy (non-hydrogen) atoms. The lowest BCUT2D eigenvalue weighted by Gasteiger charge is -2.19. The Bertz CT molecular complexity index is 405. The van der Waals surface area contributed by atoms with Crippen LogP contribution in [-0.4, -0.2) is 24.1 Å². The molecule has 0 saturated heterocycles. The fourth-order valence-corrected chi connectivity index (χ4v) is 1.26. The number of pyridine rings is 1. The number of hydrogen-bond donors (Lipinski definition) is 2. The monoisotopic (exact) mass is 237 g/mol. The third kappa shape index (κ3) is 3.09. The Labute approximate surface area is 101 Å². The van der Waals surface area contributed by atoms with Gasteiger partial charge in [-0.3, -0.25) is 0 Å². The van der Waals surface area contributed by atoms with Crippen molar-refractivity contribution in [3.63, 3.8) is 0 Å². The average molecular weight is 237 g/mol. The predicted octanol–water partition coefficient (Wildman–Crippen LogP) is 1.91. The SMILES string of the molecule is COC(=O)c1ccnc(NC(C)C(C)C)c1N. The van der Waals surface area contributed by atoms with Gasteiger partial charge < -0.3 is 15.8 Å². The molecule has 1 aromatic heterocycles. The second-order valence-electron chi connectivity index (χ2n) is 4.29. The summed E-state index contributed by atoms with van der Waals surface area (Å²) in [6.07, 6.45) is 1.54. The molecule has 94 valence electrons. The van der Waals surface area contributed by atoms with Gasteiger partial charge in [-0.1, -0.05) is 13.8 Å². The molecule has 0 fully saturated rings. The summed E-state index contributed by atoms with van der Waals surface area (Å²) in [7, 11) is 1.33. The first kappa shape index (κ1) is 13.3. The largest absolute Gasteiger partial charge is 0.465 e. The predicted molar refractivity (Wildman–Crippen MR) is 67.9 cm³/mol. The lowest BCUT2D eigenvalue weighted by molar-refractivity contribution is 0.0602. The molecule has 3 N–H and O–H groups in total. The Morgan fingerprint density at radius 3 is 2.65 bits per heavy atom. The number of anilines is 2. The second kappa shape index (κ2) is 5.52. The van der Waals surface area contributed by atoms with Crippen LogP contribution in [0.1, 0.15) is 31.1 Å². The van der Waals surface area contributed by atoms with Crippen LogP contribution in [0, 0.1) is 5.92 Å². The molecule has 0 aliphatic rings. The van der Waals surface area contributed by atoms with E-state index in [4.69, 9.17) is 5.73 Å². The van der Waals surface area contributed by atoms with Crippen molar-refractivity contribution in [1.82, 2.24) is 4.98 Å². The molecule has 1 atom stereocenters. The quantitative estimate of drug-likeness (QED) is 0.782. The number of nitrogens with zero attached hydrogens (tertiary/aromatic N) is 1. The zero-order valence-corrected chi connectivity index (χ0v) is 10.7. The van der Waals surface area contributed by atoms with Crippen LogP contribution in [0.2, 0.25) is 0 Å². The van der Waals surface area contributed by atoms with Crippen molar-refractivity contribution in [2.45, 2.75) is 26.8 Å². The molecule has 0 radical (unpaired) electrons. The molecular formula is C12H19N3O2. The number of nitrogens with two attached hydrogens (primary N) is 1. The smallest absolute Gasteiger partial charge is 0.340 e. The number of carbonyl (C=O) groups is 1. The van der Waals surface area contributed by atoms with E-state index in [1.165, 1.54) is 13.3 Å². The van der Waals surface area contributed by atoms with E-state index in [0.29, 0.717) is 23.0 Å². The van der Waals surface area contributed by atoms with Crippen molar-refractivity contribution >= 4 is 17.5 Å². The minimum Gasteiger partial charge on any atom is -0.465 e. The molecule has 0 amide bonds. The maximum Gasteiger partial charge on any atom is 0.340 e. The molecule has 0 saturated carbocycles. The maximum atomic E-state index is 11.4. The van der Waals surface area contributed by atoms with Gasteiger partial charge in [-0.25, -0.2) is 9.78 Å². The molecule has 5 heteroatoms. The molecule has 0 bridgehead atoms. The number of carbonyl (C=O) groups excluding carboxylic acids is 1. The van der Waals surface area contributed by atoms with E-state index in [0.717, 1.165) is 0 Å². The van der Waals surface area contributed by atoms with Gasteiger partial charge in [0.05, 0.1) is 18.4 Å². The molecule has 0 spiro atoms. The highest BCUT2D eigenvalue weighted by molar-refractivity contribution is 5.97. The summed E-state index contributed by atoms with van der Waals surface area (Å²) in [5.41, 5.74) is 6.54. The fraction of sp³-hybridized carbons (Fsp3) is 0.500. The van der Waals surface area contributed by atoms with Crippen molar-refractivity contribution < 1.29 is 9.53 Å². The summed E-state index contributed by atoms with van der Waals surface area (Å²) < 4.78 is 4.65. The number of rotatable bonds is 4. The standard InChI is InChI=1S/C12H19N3O2/c1-7(2)8(3)15-11-10(13)9(5-6-14-11)12(16)17-4/h5-8H,13H2,1-4H3,(H,14,15). The van der Waals surface area contributed by atoms with Crippen LogP contribution in [0.3, 0.4) is 0 Å². The van der Waals surface area contributed by atoms with Gasteiger partial charge in [-0.2, -0.15) is 0 Å². The summed E-state index contributed by atoms with van der Waals surface area (Å²) in [5, 5.41) is 3.19. The van der Waals surface area contributed by atoms with Gasteiger partial charge in [0, 0.05) is 12.2 Å². The van der Waals surface area contributed by atoms with Gasteiger partial charge in [-0.15, -0.1) is 0 Å². The van der Waals surface area contributed by atoms with E-state index in [1.807, 2.05) is 6.92 Å². The highest BCUT2D eigenvalue weighted by Crippen LogP contribution is 2.22. The van der Waals surface area contributed by atoms with Gasteiger partial charge in [0.1, 0.15) is 5.82 Å². The zero-order chi connectivity index (χ0) is 13.0. The minimum absolute atomic E-state index is 0.220. The van der Waals surface area contributed by atoms with E-state index in [-0.39, 0.29) is 6.04 Å². The number of nitrogens with one attached hydrogen (secondary N) is 1. The number of aromatic nitrogens is 1. The van der Waals surface area contributed by atoms with Crippen LogP contribution < -0.4 is 11.1 Å². The molecule has 0 aliphatic carbocycles. The Hall–Kier alpha value is -1.78. The summed E-state index contributed by atoms with van der Waals surface area (Å²) in [6, 6.07) is 1.77. The topological polar surface area (TPSA) is 77.2 Å². The first-order valence-electron chi connectivity index (χ1n) is 5.56. The van der Waals surface area contributed by atoms with Gasteiger partial charge in [-0.05, 0) is 18.9 Å². The molecule has 1 unspecified atom stereocenters.